The summed E-state index contributed by atoms with van der Waals surface area (Å²) in [6, 6.07) is -0.729. The van der Waals surface area contributed by atoms with E-state index in [0.29, 0.717) is 33.0 Å². The molecule has 0 unspecified atom stereocenters. The molecule has 112 valence electrons. The number of aliphatic carboxylic acids is 1. The summed E-state index contributed by atoms with van der Waals surface area (Å²) in [4.78, 5) is 22.0. The zero-order valence-corrected chi connectivity index (χ0v) is 11.6. The smallest absolute Gasteiger partial charge is 0.320 e. The number of nitrogens with one attached hydrogen (secondary N) is 2. The van der Waals surface area contributed by atoms with Gasteiger partial charge in [-0.1, -0.05) is 0 Å². The highest BCUT2D eigenvalue weighted by atomic mass is 16.5. The van der Waals surface area contributed by atoms with Crippen molar-refractivity contribution in [2.24, 2.45) is 0 Å². The van der Waals surface area contributed by atoms with E-state index in [4.69, 9.17) is 14.6 Å². The number of hydrogen-bond donors (Lipinski definition) is 3. The number of carboxylic acid groups (broad SMARTS) is 1. The third-order valence-corrected chi connectivity index (χ3v) is 2.45. The molecular formula is C12H24N2O5. The van der Waals surface area contributed by atoms with Crippen molar-refractivity contribution in [3.63, 3.8) is 0 Å². The lowest BCUT2D eigenvalue weighted by Gasteiger charge is -2.14. The van der Waals surface area contributed by atoms with Gasteiger partial charge in [-0.05, 0) is 13.3 Å². The average molecular weight is 276 g/mol. The molecule has 1 atom stereocenters. The van der Waals surface area contributed by atoms with Crippen LogP contribution in [0.1, 0.15) is 19.8 Å². The Morgan fingerprint density at radius 2 is 1.89 bits per heavy atom. The molecule has 0 aliphatic heterocycles. The number of rotatable bonds is 12. The van der Waals surface area contributed by atoms with E-state index >= 15 is 0 Å². The molecule has 0 aromatic carbocycles. The van der Waals surface area contributed by atoms with Gasteiger partial charge in [-0.25, -0.2) is 0 Å². The number of carbonyl (C=O) groups is 2. The van der Waals surface area contributed by atoms with Gasteiger partial charge < -0.3 is 25.2 Å². The fraction of sp³-hybridized carbons (Fsp3) is 0.833. The van der Waals surface area contributed by atoms with E-state index in [9.17, 15) is 9.59 Å². The summed E-state index contributed by atoms with van der Waals surface area (Å²) in [6.45, 7) is 4.43. The van der Waals surface area contributed by atoms with Gasteiger partial charge in [0.05, 0.1) is 19.8 Å². The van der Waals surface area contributed by atoms with Crippen LogP contribution in [-0.2, 0) is 19.1 Å². The topological polar surface area (TPSA) is 96.9 Å². The quantitative estimate of drug-likeness (QED) is 0.420. The van der Waals surface area contributed by atoms with E-state index in [-0.39, 0.29) is 18.7 Å². The second-order valence-corrected chi connectivity index (χ2v) is 3.87. The fourth-order valence-corrected chi connectivity index (χ4v) is 1.38. The molecule has 0 fully saturated rings. The van der Waals surface area contributed by atoms with Crippen LogP contribution in [0.2, 0.25) is 0 Å². The van der Waals surface area contributed by atoms with Crippen molar-refractivity contribution in [1.29, 1.82) is 0 Å². The predicted molar refractivity (Wildman–Crippen MR) is 70.0 cm³/mol. The van der Waals surface area contributed by atoms with Crippen molar-refractivity contribution >= 4 is 11.9 Å². The molecule has 7 nitrogen and oxygen atoms in total. The van der Waals surface area contributed by atoms with E-state index in [1.54, 1.807) is 0 Å². The average Bonchev–Trinajstić information content (AvgIpc) is 2.40. The first-order valence-corrected chi connectivity index (χ1v) is 6.44. The third kappa shape index (κ3) is 10.4. The van der Waals surface area contributed by atoms with Crippen molar-refractivity contribution in [2.45, 2.75) is 25.8 Å². The summed E-state index contributed by atoms with van der Waals surface area (Å²) in [5.74, 6) is -1.13. The molecule has 0 bridgehead atoms. The first-order chi connectivity index (χ1) is 9.11. The lowest BCUT2D eigenvalue weighted by Crippen LogP contribution is -2.39. The Kier molecular flexibility index (Phi) is 11.1. The molecule has 0 saturated heterocycles. The van der Waals surface area contributed by atoms with Crippen molar-refractivity contribution in [3.8, 4) is 0 Å². The van der Waals surface area contributed by atoms with Gasteiger partial charge in [-0.2, -0.15) is 0 Å². The van der Waals surface area contributed by atoms with E-state index in [1.165, 1.54) is 7.05 Å². The summed E-state index contributed by atoms with van der Waals surface area (Å²) < 4.78 is 10.3. The molecule has 0 radical (unpaired) electrons. The van der Waals surface area contributed by atoms with E-state index in [1.807, 2.05) is 6.92 Å². The van der Waals surface area contributed by atoms with Crippen LogP contribution in [0, 0.1) is 0 Å². The van der Waals surface area contributed by atoms with Crippen molar-refractivity contribution in [2.75, 3.05) is 40.0 Å². The van der Waals surface area contributed by atoms with Gasteiger partial charge in [0, 0.05) is 26.6 Å². The highest BCUT2D eigenvalue weighted by molar-refractivity contribution is 5.78. The molecule has 0 heterocycles. The molecule has 0 saturated carbocycles. The fourth-order valence-electron chi connectivity index (χ4n) is 1.38. The highest BCUT2D eigenvalue weighted by Crippen LogP contribution is 1.97. The van der Waals surface area contributed by atoms with Gasteiger partial charge in [-0.15, -0.1) is 0 Å². The first kappa shape index (κ1) is 17.8. The van der Waals surface area contributed by atoms with E-state index < -0.39 is 12.0 Å². The predicted octanol–water partition coefficient (Wildman–Crippen LogP) is -0.391. The monoisotopic (exact) mass is 276 g/mol. The van der Waals surface area contributed by atoms with Crippen LogP contribution in [0.15, 0.2) is 0 Å². The zero-order valence-electron chi connectivity index (χ0n) is 11.6. The van der Waals surface area contributed by atoms with Crippen molar-refractivity contribution in [1.82, 2.24) is 10.6 Å². The third-order valence-electron chi connectivity index (χ3n) is 2.45. The van der Waals surface area contributed by atoms with Gasteiger partial charge in [-0.3, -0.25) is 9.59 Å². The number of ether oxygens (including phenoxy) is 2. The van der Waals surface area contributed by atoms with E-state index in [0.717, 1.165) is 0 Å². The molecule has 0 rings (SSSR count). The maximum Gasteiger partial charge on any atom is 0.320 e. The van der Waals surface area contributed by atoms with Crippen molar-refractivity contribution < 1.29 is 24.2 Å². The Hall–Kier alpha value is -1.18. The molecule has 19 heavy (non-hydrogen) atoms. The molecular weight excluding hydrogens is 252 g/mol. The maximum absolute atomic E-state index is 11.0. The molecule has 0 aromatic heterocycles. The largest absolute Gasteiger partial charge is 0.480 e. The van der Waals surface area contributed by atoms with Crippen LogP contribution in [0.5, 0.6) is 0 Å². The SMILES string of the molecule is CCOCCOCCN[C@@H](CCC(=O)NC)C(=O)O. The molecule has 1 amide bonds. The Morgan fingerprint density at radius 3 is 2.47 bits per heavy atom. The number of amides is 1. The van der Waals surface area contributed by atoms with Crippen LogP contribution in [0.25, 0.3) is 0 Å². The van der Waals surface area contributed by atoms with Crippen LogP contribution in [-0.4, -0.2) is 63.0 Å². The summed E-state index contributed by atoms with van der Waals surface area (Å²) in [5.41, 5.74) is 0. The van der Waals surface area contributed by atoms with Gasteiger partial charge in [0.1, 0.15) is 6.04 Å². The number of hydrogen-bond acceptors (Lipinski definition) is 5. The highest BCUT2D eigenvalue weighted by Gasteiger charge is 2.17. The standard InChI is InChI=1S/C12H24N2O5/c1-3-18-8-9-19-7-6-14-10(12(16)17)4-5-11(15)13-2/h10,14H,3-9H2,1-2H3,(H,13,15)(H,16,17)/t10-/m0/s1. The first-order valence-electron chi connectivity index (χ1n) is 6.44. The molecule has 7 heteroatoms. The molecule has 0 aromatic rings. The molecule has 0 spiro atoms. The van der Waals surface area contributed by atoms with Crippen LogP contribution in [0.4, 0.5) is 0 Å². The second-order valence-electron chi connectivity index (χ2n) is 3.87. The molecule has 3 N–H and O–H groups in total. The normalized spacial score (nSPS) is 12.1. The lowest BCUT2D eigenvalue weighted by atomic mass is 10.1. The van der Waals surface area contributed by atoms with Gasteiger partial charge in [0.2, 0.25) is 5.91 Å². The Labute approximate surface area is 113 Å². The van der Waals surface area contributed by atoms with Crippen LogP contribution in [0.3, 0.4) is 0 Å². The minimum absolute atomic E-state index is 0.166. The maximum atomic E-state index is 11.0. The number of carbonyl (C=O) groups excluding carboxylic acids is 1. The van der Waals surface area contributed by atoms with Gasteiger partial charge in [0.15, 0.2) is 0 Å². The van der Waals surface area contributed by atoms with Gasteiger partial charge in [0.25, 0.3) is 0 Å². The molecule has 0 aliphatic rings. The summed E-state index contributed by atoms with van der Waals surface area (Å²) in [7, 11) is 1.53. The number of carboxylic acids is 1. The minimum atomic E-state index is -0.960. The summed E-state index contributed by atoms with van der Waals surface area (Å²) in [5, 5.41) is 14.3. The summed E-state index contributed by atoms with van der Waals surface area (Å²) in [6.07, 6.45) is 0.444. The Bertz CT molecular complexity index is 261. The zero-order chi connectivity index (χ0) is 14.5. The minimum Gasteiger partial charge on any atom is -0.480 e. The summed E-state index contributed by atoms with van der Waals surface area (Å²) >= 11 is 0. The molecule has 0 aliphatic carbocycles. The van der Waals surface area contributed by atoms with E-state index in [2.05, 4.69) is 10.6 Å². The Morgan fingerprint density at radius 1 is 1.21 bits per heavy atom. The lowest BCUT2D eigenvalue weighted by molar-refractivity contribution is -0.139. The second kappa shape index (κ2) is 11.9. The van der Waals surface area contributed by atoms with Crippen molar-refractivity contribution in [3.05, 3.63) is 0 Å². The van der Waals surface area contributed by atoms with Crippen LogP contribution < -0.4 is 10.6 Å². The van der Waals surface area contributed by atoms with Gasteiger partial charge >= 0.3 is 5.97 Å². The van der Waals surface area contributed by atoms with Crippen LogP contribution >= 0.6 is 0 Å². The Balaban J connectivity index is 3.65.